The van der Waals surface area contributed by atoms with Crippen LogP contribution in [0.15, 0.2) is 85.5 Å². The maximum atomic E-state index is 14.2. The first kappa shape index (κ1) is 24.8. The van der Waals surface area contributed by atoms with E-state index in [1.54, 1.807) is 48.5 Å². The second-order valence-electron chi connectivity index (χ2n) is 7.95. The summed E-state index contributed by atoms with van der Waals surface area (Å²) in [6, 6.07) is 16.4. The van der Waals surface area contributed by atoms with Crippen molar-refractivity contribution in [1.29, 1.82) is 0 Å². The molecule has 4 aromatic rings. The molecule has 4 rings (SSSR count). The van der Waals surface area contributed by atoms with Gasteiger partial charge in [-0.05, 0) is 35.2 Å². The fourth-order valence-corrected chi connectivity index (χ4v) is 3.66. The Morgan fingerprint density at radius 1 is 0.972 bits per heavy atom. The molecule has 2 aromatic heterocycles. The highest BCUT2D eigenvalue weighted by Gasteiger charge is 2.44. The Morgan fingerprint density at radius 2 is 1.67 bits per heavy atom. The lowest BCUT2D eigenvalue weighted by Crippen LogP contribution is -2.32. The van der Waals surface area contributed by atoms with Crippen molar-refractivity contribution in [3.8, 4) is 28.3 Å². The van der Waals surface area contributed by atoms with Gasteiger partial charge in [0.05, 0.1) is 5.69 Å². The number of halogens is 3. The Bertz CT molecular complexity index is 1330. The maximum absolute atomic E-state index is 14.2. The fraction of sp³-hybridized carbons (Fsp3) is 0.154. The number of carbonyl (C=O) groups is 1. The molecule has 0 aliphatic rings. The van der Waals surface area contributed by atoms with Crippen LogP contribution in [0, 0.1) is 0 Å². The summed E-state index contributed by atoms with van der Waals surface area (Å²) in [4.78, 5) is 22.9. The van der Waals surface area contributed by atoms with Crippen LogP contribution < -0.4 is 10.5 Å². The molecule has 10 heteroatoms. The summed E-state index contributed by atoms with van der Waals surface area (Å²) in [6.07, 6.45) is -2.72. The number of nitrogens with zero attached hydrogens (tertiary/aromatic N) is 3. The fourth-order valence-electron chi connectivity index (χ4n) is 3.66. The minimum absolute atomic E-state index is 0.0597. The Morgan fingerprint density at radius 3 is 2.33 bits per heavy atom. The minimum atomic E-state index is -4.72. The van der Waals surface area contributed by atoms with E-state index in [4.69, 9.17) is 15.6 Å². The second kappa shape index (κ2) is 10.5. The zero-order chi connectivity index (χ0) is 25.7. The third-order valence-electron chi connectivity index (χ3n) is 5.43. The van der Waals surface area contributed by atoms with E-state index in [1.807, 2.05) is 0 Å². The highest BCUT2D eigenvalue weighted by Crippen LogP contribution is 2.40. The topological polar surface area (TPSA) is 111 Å². The molecule has 0 saturated carbocycles. The highest BCUT2D eigenvalue weighted by molar-refractivity contribution is 5.73. The number of pyridine rings is 1. The van der Waals surface area contributed by atoms with E-state index in [9.17, 15) is 18.0 Å². The molecule has 0 bridgehead atoms. The maximum Gasteiger partial charge on any atom is 0.429 e. The van der Waals surface area contributed by atoms with Crippen LogP contribution in [0.2, 0.25) is 0 Å². The molecule has 2 atom stereocenters. The van der Waals surface area contributed by atoms with Gasteiger partial charge in [-0.2, -0.15) is 13.2 Å². The lowest BCUT2D eigenvalue weighted by Gasteiger charge is -2.24. The van der Waals surface area contributed by atoms with Crippen molar-refractivity contribution in [1.82, 2.24) is 15.0 Å². The predicted molar refractivity (Wildman–Crippen MR) is 126 cm³/mol. The average Bonchev–Trinajstić information content (AvgIpc) is 2.88. The quantitative estimate of drug-likeness (QED) is 0.360. The third kappa shape index (κ3) is 5.84. The van der Waals surface area contributed by atoms with Crippen molar-refractivity contribution in [2.45, 2.75) is 24.7 Å². The molecule has 184 valence electrons. The van der Waals surface area contributed by atoms with E-state index in [1.165, 1.54) is 30.6 Å². The van der Waals surface area contributed by atoms with Crippen molar-refractivity contribution < 1.29 is 27.8 Å². The van der Waals surface area contributed by atoms with Gasteiger partial charge in [-0.15, -0.1) is 0 Å². The first-order chi connectivity index (χ1) is 17.2. The zero-order valence-electron chi connectivity index (χ0n) is 18.8. The number of hydrogen-bond donors (Lipinski definition) is 2. The zero-order valence-corrected chi connectivity index (χ0v) is 18.8. The normalized spacial score (nSPS) is 13.1. The number of benzene rings is 2. The summed E-state index contributed by atoms with van der Waals surface area (Å²) in [7, 11) is 0. The number of aromatic nitrogens is 3. The summed E-state index contributed by atoms with van der Waals surface area (Å²) in [5, 5.41) is 8.96. The Hall–Kier alpha value is -4.31. The molecule has 0 unspecified atom stereocenters. The Kier molecular flexibility index (Phi) is 7.25. The number of carboxylic acid groups (broad SMARTS) is 1. The molecular formula is C26H21F3N4O3. The van der Waals surface area contributed by atoms with Crippen LogP contribution in [0.25, 0.3) is 22.4 Å². The molecule has 0 spiro atoms. The smallest absolute Gasteiger partial charge is 0.429 e. The summed E-state index contributed by atoms with van der Waals surface area (Å²) in [5.41, 5.74) is 8.08. The SMILES string of the molecule is N[C@@H](Cc1ccc(-c2cc(O[C@@H](c3ccccc3-c3ccncc3)C(F)(F)F)ncn2)cc1)C(=O)O. The van der Waals surface area contributed by atoms with Gasteiger partial charge in [0.15, 0.2) is 0 Å². The van der Waals surface area contributed by atoms with Crippen LogP contribution >= 0.6 is 0 Å². The molecule has 2 aromatic carbocycles. The van der Waals surface area contributed by atoms with Gasteiger partial charge >= 0.3 is 12.1 Å². The van der Waals surface area contributed by atoms with Crippen molar-refractivity contribution in [3.63, 3.8) is 0 Å². The monoisotopic (exact) mass is 494 g/mol. The van der Waals surface area contributed by atoms with Crippen LogP contribution in [0.5, 0.6) is 5.88 Å². The molecule has 0 aliphatic heterocycles. The molecule has 36 heavy (non-hydrogen) atoms. The molecule has 0 fully saturated rings. The Balaban J connectivity index is 1.62. The van der Waals surface area contributed by atoms with Gasteiger partial charge in [-0.1, -0.05) is 48.5 Å². The van der Waals surface area contributed by atoms with Gasteiger partial charge in [0.1, 0.15) is 12.4 Å². The first-order valence-corrected chi connectivity index (χ1v) is 10.8. The number of aliphatic carboxylic acids is 1. The summed E-state index contributed by atoms with van der Waals surface area (Å²) < 4.78 is 48.0. The van der Waals surface area contributed by atoms with Crippen LogP contribution in [-0.4, -0.2) is 38.2 Å². The first-order valence-electron chi connectivity index (χ1n) is 10.8. The van der Waals surface area contributed by atoms with Crippen molar-refractivity contribution in [2.24, 2.45) is 5.73 Å². The standard InChI is InChI=1S/C26H21F3N4O3/c27-26(28,29)24(20-4-2-1-3-19(20)17-9-11-31-12-10-17)36-23-14-22(32-15-33-23)18-7-5-16(6-8-18)13-21(30)25(34)35/h1-12,14-15,21,24H,13,30H2,(H,34,35)/t21-,24-/m0/s1. The average molecular weight is 494 g/mol. The van der Waals surface area contributed by atoms with Gasteiger partial charge in [0.2, 0.25) is 12.0 Å². The molecule has 2 heterocycles. The van der Waals surface area contributed by atoms with Crippen LogP contribution in [-0.2, 0) is 11.2 Å². The summed E-state index contributed by atoms with van der Waals surface area (Å²) in [6.45, 7) is 0. The Labute approximate surface area is 204 Å². The number of alkyl halides is 3. The van der Waals surface area contributed by atoms with Gasteiger partial charge in [0.25, 0.3) is 0 Å². The molecular weight excluding hydrogens is 473 g/mol. The van der Waals surface area contributed by atoms with Crippen molar-refractivity contribution >= 4 is 5.97 Å². The van der Waals surface area contributed by atoms with E-state index < -0.39 is 24.3 Å². The largest absolute Gasteiger partial charge is 0.480 e. The van der Waals surface area contributed by atoms with Gasteiger partial charge in [0, 0.05) is 29.6 Å². The van der Waals surface area contributed by atoms with E-state index in [0.29, 0.717) is 27.9 Å². The van der Waals surface area contributed by atoms with E-state index in [-0.39, 0.29) is 17.9 Å². The molecule has 0 radical (unpaired) electrons. The van der Waals surface area contributed by atoms with Gasteiger partial charge in [-0.25, -0.2) is 9.97 Å². The highest BCUT2D eigenvalue weighted by atomic mass is 19.4. The number of carboxylic acids is 1. The van der Waals surface area contributed by atoms with Gasteiger partial charge in [-0.3, -0.25) is 9.78 Å². The molecule has 7 nitrogen and oxygen atoms in total. The second-order valence-corrected chi connectivity index (χ2v) is 7.95. The molecule has 0 amide bonds. The molecule has 3 N–H and O–H groups in total. The van der Waals surface area contributed by atoms with E-state index in [2.05, 4.69) is 15.0 Å². The number of nitrogens with two attached hydrogens (primary N) is 1. The number of ether oxygens (including phenoxy) is 1. The number of hydrogen-bond acceptors (Lipinski definition) is 6. The van der Waals surface area contributed by atoms with Crippen LogP contribution in [0.4, 0.5) is 13.2 Å². The van der Waals surface area contributed by atoms with Crippen LogP contribution in [0.1, 0.15) is 17.2 Å². The molecule has 0 aliphatic carbocycles. The molecule has 0 saturated heterocycles. The third-order valence-corrected chi connectivity index (χ3v) is 5.43. The lowest BCUT2D eigenvalue weighted by molar-refractivity contribution is -0.198. The summed E-state index contributed by atoms with van der Waals surface area (Å²) in [5.74, 6) is -1.36. The number of rotatable bonds is 8. The van der Waals surface area contributed by atoms with Gasteiger partial charge < -0.3 is 15.6 Å². The van der Waals surface area contributed by atoms with Crippen LogP contribution in [0.3, 0.4) is 0 Å². The van der Waals surface area contributed by atoms with E-state index >= 15 is 0 Å². The van der Waals surface area contributed by atoms with Crippen molar-refractivity contribution in [3.05, 3.63) is 96.6 Å². The predicted octanol–water partition coefficient (Wildman–Crippen LogP) is 4.84. The van der Waals surface area contributed by atoms with E-state index in [0.717, 1.165) is 6.33 Å². The minimum Gasteiger partial charge on any atom is -0.480 e. The lowest BCUT2D eigenvalue weighted by atomic mass is 9.96. The summed E-state index contributed by atoms with van der Waals surface area (Å²) >= 11 is 0. The van der Waals surface area contributed by atoms with Crippen molar-refractivity contribution in [2.75, 3.05) is 0 Å².